The molecular weight excluding hydrogens is 301 g/mol. The molecule has 0 saturated heterocycles. The van der Waals surface area contributed by atoms with Crippen molar-refractivity contribution < 1.29 is 9.66 Å². The molecule has 20 heavy (non-hydrogen) atoms. The van der Waals surface area contributed by atoms with Gasteiger partial charge in [0.15, 0.2) is 0 Å². The van der Waals surface area contributed by atoms with Crippen molar-refractivity contribution in [1.82, 2.24) is 0 Å². The third-order valence-corrected chi connectivity index (χ3v) is 5.53. The van der Waals surface area contributed by atoms with Crippen LogP contribution in [0.2, 0.25) is 5.02 Å². The van der Waals surface area contributed by atoms with Crippen molar-refractivity contribution in [2.24, 2.45) is 5.41 Å². The molecule has 2 atom stereocenters. The number of rotatable bonds is 3. The molecule has 0 heterocycles. The Kier molecular flexibility index (Phi) is 3.55. The van der Waals surface area contributed by atoms with Gasteiger partial charge < -0.3 is 4.74 Å². The van der Waals surface area contributed by atoms with Gasteiger partial charge in [-0.05, 0) is 18.9 Å². The summed E-state index contributed by atoms with van der Waals surface area (Å²) < 4.78 is 5.98. The molecule has 2 saturated carbocycles. The minimum absolute atomic E-state index is 0.0931. The maximum absolute atomic E-state index is 10.7. The third kappa shape index (κ3) is 2.15. The lowest BCUT2D eigenvalue weighted by Crippen LogP contribution is -2.55. The van der Waals surface area contributed by atoms with E-state index in [0.29, 0.717) is 5.75 Å². The summed E-state index contributed by atoms with van der Waals surface area (Å²) in [6.45, 7) is 0. The van der Waals surface area contributed by atoms with E-state index in [1.54, 1.807) is 6.07 Å². The predicted octanol–water partition coefficient (Wildman–Crippen LogP) is 4.57. The quantitative estimate of drug-likeness (QED) is 0.466. The molecule has 0 aliphatic heterocycles. The average molecular weight is 316 g/mol. The van der Waals surface area contributed by atoms with Crippen molar-refractivity contribution in [2.75, 3.05) is 0 Å². The molecule has 108 valence electrons. The first-order valence-corrected chi connectivity index (χ1v) is 7.59. The SMILES string of the molecule is O=[N+]([O-])c1ccc(OC2CC(Cl)C23CCCC3)cc1Cl. The minimum Gasteiger partial charge on any atom is -0.490 e. The largest absolute Gasteiger partial charge is 0.490 e. The van der Waals surface area contributed by atoms with E-state index in [9.17, 15) is 10.1 Å². The Morgan fingerprint density at radius 2 is 2.05 bits per heavy atom. The number of hydrogen-bond donors (Lipinski definition) is 0. The lowest BCUT2D eigenvalue weighted by Gasteiger charge is -2.50. The highest BCUT2D eigenvalue weighted by molar-refractivity contribution is 6.32. The molecule has 4 nitrogen and oxygen atoms in total. The summed E-state index contributed by atoms with van der Waals surface area (Å²) in [5, 5.41) is 11.0. The number of nitro benzene ring substituents is 1. The predicted molar refractivity (Wildman–Crippen MR) is 77.7 cm³/mol. The van der Waals surface area contributed by atoms with Crippen LogP contribution in [0.1, 0.15) is 32.1 Å². The van der Waals surface area contributed by atoms with E-state index in [0.717, 1.165) is 19.3 Å². The number of nitro groups is 1. The van der Waals surface area contributed by atoms with Gasteiger partial charge in [-0.3, -0.25) is 10.1 Å². The molecule has 0 N–H and O–H groups in total. The molecule has 1 aromatic rings. The second-order valence-corrected chi connectivity index (χ2v) is 6.55. The van der Waals surface area contributed by atoms with Crippen LogP contribution in [0, 0.1) is 15.5 Å². The van der Waals surface area contributed by atoms with Crippen molar-refractivity contribution in [3.05, 3.63) is 33.3 Å². The van der Waals surface area contributed by atoms with Gasteiger partial charge in [0.1, 0.15) is 16.9 Å². The van der Waals surface area contributed by atoms with Gasteiger partial charge in [-0.2, -0.15) is 0 Å². The van der Waals surface area contributed by atoms with Crippen LogP contribution in [0.25, 0.3) is 0 Å². The van der Waals surface area contributed by atoms with Crippen molar-refractivity contribution in [2.45, 2.75) is 43.6 Å². The first-order chi connectivity index (χ1) is 9.53. The number of nitrogens with zero attached hydrogens (tertiary/aromatic N) is 1. The van der Waals surface area contributed by atoms with E-state index >= 15 is 0 Å². The van der Waals surface area contributed by atoms with Gasteiger partial charge in [0, 0.05) is 29.3 Å². The fraction of sp³-hybridized carbons (Fsp3) is 0.571. The topological polar surface area (TPSA) is 52.4 Å². The molecule has 2 aliphatic rings. The highest BCUT2D eigenvalue weighted by atomic mass is 35.5. The monoisotopic (exact) mass is 315 g/mol. The minimum atomic E-state index is -0.497. The smallest absolute Gasteiger partial charge is 0.288 e. The van der Waals surface area contributed by atoms with Crippen LogP contribution in [0.15, 0.2) is 18.2 Å². The first-order valence-electron chi connectivity index (χ1n) is 6.77. The molecule has 0 amide bonds. The summed E-state index contributed by atoms with van der Waals surface area (Å²) in [5.74, 6) is 0.584. The molecule has 0 aromatic heterocycles. The summed E-state index contributed by atoms with van der Waals surface area (Å²) in [7, 11) is 0. The fourth-order valence-electron chi connectivity index (χ4n) is 3.41. The van der Waals surface area contributed by atoms with E-state index < -0.39 is 4.92 Å². The molecule has 3 rings (SSSR count). The van der Waals surface area contributed by atoms with E-state index in [2.05, 4.69) is 0 Å². The van der Waals surface area contributed by atoms with E-state index in [1.807, 2.05) is 0 Å². The van der Waals surface area contributed by atoms with Gasteiger partial charge in [0.05, 0.1) is 4.92 Å². The van der Waals surface area contributed by atoms with Crippen molar-refractivity contribution in [1.29, 1.82) is 0 Å². The zero-order chi connectivity index (χ0) is 14.3. The summed E-state index contributed by atoms with van der Waals surface area (Å²) in [4.78, 5) is 10.2. The molecule has 0 radical (unpaired) electrons. The Bertz CT molecular complexity index is 543. The second kappa shape index (κ2) is 5.08. The average Bonchev–Trinajstić information content (AvgIpc) is 2.90. The maximum Gasteiger partial charge on any atom is 0.288 e. The Morgan fingerprint density at radius 1 is 1.35 bits per heavy atom. The van der Waals surface area contributed by atoms with E-state index in [-0.39, 0.29) is 27.6 Å². The van der Waals surface area contributed by atoms with Gasteiger partial charge >= 0.3 is 0 Å². The molecule has 2 fully saturated rings. The van der Waals surface area contributed by atoms with Gasteiger partial charge in [-0.15, -0.1) is 11.6 Å². The number of hydrogen-bond acceptors (Lipinski definition) is 3. The van der Waals surface area contributed by atoms with Crippen LogP contribution in [-0.2, 0) is 0 Å². The number of alkyl halides is 1. The molecule has 0 bridgehead atoms. The Hall–Kier alpha value is -1.00. The summed E-state index contributed by atoms with van der Waals surface area (Å²) in [5.41, 5.74) is -0.00562. The Labute approximate surface area is 127 Å². The number of ether oxygens (including phenoxy) is 1. The molecule has 1 aromatic carbocycles. The zero-order valence-electron chi connectivity index (χ0n) is 10.9. The van der Waals surface area contributed by atoms with Gasteiger partial charge in [-0.1, -0.05) is 24.4 Å². The Morgan fingerprint density at radius 3 is 2.60 bits per heavy atom. The van der Waals surface area contributed by atoms with Gasteiger partial charge in [-0.25, -0.2) is 0 Å². The van der Waals surface area contributed by atoms with Gasteiger partial charge in [0.25, 0.3) is 5.69 Å². The van der Waals surface area contributed by atoms with Gasteiger partial charge in [0.2, 0.25) is 0 Å². The van der Waals surface area contributed by atoms with Crippen LogP contribution in [0.3, 0.4) is 0 Å². The number of halogens is 2. The van der Waals surface area contributed by atoms with Crippen LogP contribution in [-0.4, -0.2) is 16.4 Å². The van der Waals surface area contributed by atoms with Crippen LogP contribution in [0.4, 0.5) is 5.69 Å². The van der Waals surface area contributed by atoms with Crippen LogP contribution in [0.5, 0.6) is 5.75 Å². The van der Waals surface area contributed by atoms with E-state index in [1.165, 1.54) is 25.0 Å². The second-order valence-electron chi connectivity index (χ2n) is 5.62. The van der Waals surface area contributed by atoms with Crippen molar-refractivity contribution in [3.63, 3.8) is 0 Å². The summed E-state index contributed by atoms with van der Waals surface area (Å²) in [6, 6.07) is 4.51. The highest BCUT2D eigenvalue weighted by Crippen LogP contribution is 2.57. The Balaban J connectivity index is 1.76. The van der Waals surface area contributed by atoms with Crippen LogP contribution < -0.4 is 4.74 Å². The fourth-order valence-corrected chi connectivity index (χ4v) is 4.17. The molecule has 2 unspecified atom stereocenters. The lowest BCUT2D eigenvalue weighted by molar-refractivity contribution is -0.384. The first kappa shape index (κ1) is 14.0. The third-order valence-electron chi connectivity index (χ3n) is 4.61. The lowest BCUT2D eigenvalue weighted by atomic mass is 9.64. The standard InChI is InChI=1S/C14H15Cl2NO3/c15-10-7-9(3-4-11(10)17(18)19)20-13-8-12(16)14(13)5-1-2-6-14/h3-4,7,12-13H,1-2,5-6,8H2. The molecule has 6 heteroatoms. The molecule has 2 aliphatic carbocycles. The maximum atomic E-state index is 10.7. The van der Waals surface area contributed by atoms with Crippen molar-refractivity contribution >= 4 is 28.9 Å². The summed E-state index contributed by atoms with van der Waals surface area (Å²) >= 11 is 12.3. The summed E-state index contributed by atoms with van der Waals surface area (Å²) in [6.07, 6.45) is 5.54. The highest BCUT2D eigenvalue weighted by Gasteiger charge is 2.56. The normalized spacial score (nSPS) is 27.3. The number of benzene rings is 1. The molecule has 1 spiro atoms. The molecular formula is C14H15Cl2NO3. The zero-order valence-corrected chi connectivity index (χ0v) is 12.4. The van der Waals surface area contributed by atoms with E-state index in [4.69, 9.17) is 27.9 Å². The van der Waals surface area contributed by atoms with Crippen LogP contribution >= 0.6 is 23.2 Å². The van der Waals surface area contributed by atoms with Crippen molar-refractivity contribution in [3.8, 4) is 5.75 Å².